The van der Waals surface area contributed by atoms with Gasteiger partial charge in [0.05, 0.1) is 6.54 Å². The van der Waals surface area contributed by atoms with Crippen LogP contribution in [-0.2, 0) is 6.54 Å². The van der Waals surface area contributed by atoms with Gasteiger partial charge in [0, 0.05) is 38.1 Å². The Morgan fingerprint density at radius 1 is 1.27 bits per heavy atom. The topological polar surface area (TPSA) is 63.5 Å². The molecule has 0 fully saturated rings. The van der Waals surface area contributed by atoms with Gasteiger partial charge in [0.1, 0.15) is 12.4 Å². The van der Waals surface area contributed by atoms with Crippen molar-refractivity contribution in [1.29, 1.82) is 0 Å². The van der Waals surface area contributed by atoms with Gasteiger partial charge in [-0.2, -0.15) is 5.10 Å². The van der Waals surface area contributed by atoms with Gasteiger partial charge in [0.25, 0.3) is 0 Å². The van der Waals surface area contributed by atoms with Crippen molar-refractivity contribution in [2.45, 2.75) is 19.9 Å². The molecule has 0 amide bonds. The Bertz CT molecular complexity index is 667. The quantitative estimate of drug-likeness (QED) is 0.252. The summed E-state index contributed by atoms with van der Waals surface area (Å²) in [5.41, 5.74) is 0. The number of benzene rings is 1. The number of ether oxygens (including phenoxy) is 1. The lowest BCUT2D eigenvalue weighted by Gasteiger charge is -2.12. The predicted octanol–water partition coefficient (Wildman–Crippen LogP) is 2.80. The number of hydrogen-bond donors (Lipinski definition) is 2. The Balaban J connectivity index is 0.00000338. The van der Waals surface area contributed by atoms with E-state index in [0.29, 0.717) is 31.4 Å². The fourth-order valence-electron chi connectivity index (χ4n) is 2.10. The molecule has 9 heteroatoms. The molecule has 0 atom stereocenters. The zero-order valence-electron chi connectivity index (χ0n) is 14.6. The van der Waals surface area contributed by atoms with E-state index < -0.39 is 11.6 Å². The van der Waals surface area contributed by atoms with Gasteiger partial charge < -0.3 is 15.4 Å². The molecule has 0 saturated heterocycles. The number of hydrogen-bond acceptors (Lipinski definition) is 3. The van der Waals surface area contributed by atoms with Crippen LogP contribution in [0.1, 0.15) is 13.3 Å². The van der Waals surface area contributed by atoms with E-state index in [1.54, 1.807) is 6.20 Å². The highest BCUT2D eigenvalue weighted by Gasteiger charge is 2.03. The van der Waals surface area contributed by atoms with Crippen LogP contribution in [0, 0.1) is 11.6 Å². The number of aliphatic imine (C=N–C) groups is 1. The van der Waals surface area contributed by atoms with Crippen molar-refractivity contribution in [1.82, 2.24) is 20.4 Å². The number of nitrogens with one attached hydrogen (secondary N) is 2. The van der Waals surface area contributed by atoms with Crippen LogP contribution in [0.5, 0.6) is 5.75 Å². The smallest absolute Gasteiger partial charge is 0.191 e. The van der Waals surface area contributed by atoms with E-state index in [0.717, 1.165) is 31.6 Å². The van der Waals surface area contributed by atoms with Gasteiger partial charge in [0.15, 0.2) is 17.6 Å². The molecule has 0 aliphatic rings. The molecular weight excluding hydrogens is 455 g/mol. The van der Waals surface area contributed by atoms with Crippen LogP contribution in [0.4, 0.5) is 8.78 Å². The van der Waals surface area contributed by atoms with Crippen LogP contribution in [0.25, 0.3) is 0 Å². The molecule has 0 aliphatic heterocycles. The minimum absolute atomic E-state index is 0. The number of nitrogens with zero attached hydrogens (tertiary/aromatic N) is 3. The molecule has 2 N–H and O–H groups in total. The summed E-state index contributed by atoms with van der Waals surface area (Å²) in [5, 5.41) is 10.4. The largest absolute Gasteiger partial charge is 0.492 e. The summed E-state index contributed by atoms with van der Waals surface area (Å²) in [6.45, 7) is 5.01. The van der Waals surface area contributed by atoms with Gasteiger partial charge in [0.2, 0.25) is 0 Å². The molecule has 1 heterocycles. The van der Waals surface area contributed by atoms with Gasteiger partial charge in [-0.25, -0.2) is 8.78 Å². The average Bonchev–Trinajstić information content (AvgIpc) is 3.12. The number of aryl methyl sites for hydroxylation is 1. The van der Waals surface area contributed by atoms with Crippen molar-refractivity contribution in [3.8, 4) is 5.75 Å². The Labute approximate surface area is 169 Å². The van der Waals surface area contributed by atoms with Crippen LogP contribution in [0.15, 0.2) is 41.7 Å². The second-order valence-corrected chi connectivity index (χ2v) is 5.23. The van der Waals surface area contributed by atoms with E-state index in [9.17, 15) is 8.78 Å². The number of halogens is 3. The normalized spacial score (nSPS) is 11.0. The summed E-state index contributed by atoms with van der Waals surface area (Å²) in [4.78, 5) is 4.47. The zero-order valence-corrected chi connectivity index (χ0v) is 17.0. The van der Waals surface area contributed by atoms with Crippen LogP contribution in [0.2, 0.25) is 0 Å². The van der Waals surface area contributed by atoms with Crippen molar-refractivity contribution in [3.05, 3.63) is 48.3 Å². The van der Waals surface area contributed by atoms with E-state index in [1.807, 2.05) is 23.9 Å². The monoisotopic (exact) mass is 479 g/mol. The fraction of sp³-hybridized carbons (Fsp3) is 0.412. The van der Waals surface area contributed by atoms with Crippen LogP contribution < -0.4 is 15.4 Å². The molecule has 0 bridgehead atoms. The molecule has 26 heavy (non-hydrogen) atoms. The predicted molar refractivity (Wildman–Crippen MR) is 108 cm³/mol. The summed E-state index contributed by atoms with van der Waals surface area (Å²) in [5.74, 6) is -0.821. The van der Waals surface area contributed by atoms with Crippen LogP contribution in [-0.4, -0.2) is 42.0 Å². The molecule has 2 aromatic rings. The first-order valence-electron chi connectivity index (χ1n) is 8.26. The van der Waals surface area contributed by atoms with Gasteiger partial charge in [-0.05, 0) is 31.5 Å². The summed E-state index contributed by atoms with van der Waals surface area (Å²) in [7, 11) is 0. The Hall–Kier alpha value is -1.91. The third kappa shape index (κ3) is 7.98. The van der Waals surface area contributed by atoms with Crippen molar-refractivity contribution in [2.24, 2.45) is 4.99 Å². The minimum Gasteiger partial charge on any atom is -0.492 e. The highest BCUT2D eigenvalue weighted by molar-refractivity contribution is 14.0. The molecular formula is C17H24F2IN5O. The lowest BCUT2D eigenvalue weighted by molar-refractivity contribution is 0.318. The Kier molecular flexibility index (Phi) is 10.6. The highest BCUT2D eigenvalue weighted by Crippen LogP contribution is 2.14. The number of guanidine groups is 1. The van der Waals surface area contributed by atoms with E-state index in [4.69, 9.17) is 4.74 Å². The summed E-state index contributed by atoms with van der Waals surface area (Å²) < 4.78 is 33.2. The molecule has 1 aromatic carbocycles. The summed E-state index contributed by atoms with van der Waals surface area (Å²) in [6, 6.07) is 5.36. The molecule has 0 unspecified atom stereocenters. The Morgan fingerprint density at radius 2 is 2.12 bits per heavy atom. The van der Waals surface area contributed by atoms with E-state index in [-0.39, 0.29) is 24.0 Å². The van der Waals surface area contributed by atoms with Crippen LogP contribution in [0.3, 0.4) is 0 Å². The second-order valence-electron chi connectivity index (χ2n) is 5.23. The highest BCUT2D eigenvalue weighted by atomic mass is 127. The van der Waals surface area contributed by atoms with Crippen molar-refractivity contribution >= 4 is 29.9 Å². The lowest BCUT2D eigenvalue weighted by Crippen LogP contribution is -2.39. The zero-order chi connectivity index (χ0) is 17.9. The first-order chi connectivity index (χ1) is 12.2. The third-order valence-corrected chi connectivity index (χ3v) is 3.27. The molecule has 1 aromatic heterocycles. The van der Waals surface area contributed by atoms with Crippen molar-refractivity contribution in [3.63, 3.8) is 0 Å². The first-order valence-corrected chi connectivity index (χ1v) is 8.26. The molecule has 0 aliphatic carbocycles. The Morgan fingerprint density at radius 3 is 2.81 bits per heavy atom. The standard InChI is InChI=1S/C17H23F2N5O.HI/c1-2-20-17(21-7-3-10-24-11-4-8-23-24)22-9-12-25-14-5-6-15(18)16(19)13-14;/h4-6,8,11,13H,2-3,7,9-10,12H2,1H3,(H2,20,21,22);1H. The van der Waals surface area contributed by atoms with E-state index in [2.05, 4.69) is 20.7 Å². The molecule has 0 spiro atoms. The maximum Gasteiger partial charge on any atom is 0.191 e. The van der Waals surface area contributed by atoms with Gasteiger partial charge in [-0.3, -0.25) is 9.67 Å². The molecule has 2 rings (SSSR count). The van der Waals surface area contributed by atoms with Crippen molar-refractivity contribution in [2.75, 3.05) is 26.2 Å². The number of rotatable bonds is 9. The molecule has 6 nitrogen and oxygen atoms in total. The SMILES string of the molecule is CCNC(=NCCCn1cccn1)NCCOc1ccc(F)c(F)c1.I. The first kappa shape index (κ1) is 22.1. The van der Waals surface area contributed by atoms with E-state index >= 15 is 0 Å². The maximum absolute atomic E-state index is 13.1. The number of aromatic nitrogens is 2. The second kappa shape index (κ2) is 12.4. The molecule has 0 radical (unpaired) electrons. The summed E-state index contributed by atoms with van der Waals surface area (Å²) in [6.07, 6.45) is 4.55. The molecule has 144 valence electrons. The van der Waals surface area contributed by atoms with Crippen LogP contribution >= 0.6 is 24.0 Å². The third-order valence-electron chi connectivity index (χ3n) is 3.27. The molecule has 0 saturated carbocycles. The lowest BCUT2D eigenvalue weighted by atomic mass is 10.3. The fourth-order valence-corrected chi connectivity index (χ4v) is 2.10. The van der Waals surface area contributed by atoms with Gasteiger partial charge in [-0.15, -0.1) is 24.0 Å². The van der Waals surface area contributed by atoms with Gasteiger partial charge in [-0.1, -0.05) is 0 Å². The summed E-state index contributed by atoms with van der Waals surface area (Å²) >= 11 is 0. The van der Waals surface area contributed by atoms with Crippen molar-refractivity contribution < 1.29 is 13.5 Å². The van der Waals surface area contributed by atoms with E-state index in [1.165, 1.54) is 6.07 Å². The maximum atomic E-state index is 13.1. The average molecular weight is 479 g/mol. The minimum atomic E-state index is -0.919. The van der Waals surface area contributed by atoms with Gasteiger partial charge >= 0.3 is 0 Å².